The predicted octanol–water partition coefficient (Wildman–Crippen LogP) is 2.97. The summed E-state index contributed by atoms with van der Waals surface area (Å²) >= 11 is 1.75. The molecule has 0 saturated heterocycles. The van der Waals surface area contributed by atoms with Gasteiger partial charge in [-0.1, -0.05) is 18.2 Å². The average molecular weight is 322 g/mol. The number of hydrogen-bond acceptors (Lipinski definition) is 3. The molecule has 4 nitrogen and oxygen atoms in total. The van der Waals surface area contributed by atoms with Crippen molar-refractivity contribution in [2.45, 2.75) is 36.6 Å². The van der Waals surface area contributed by atoms with Gasteiger partial charge < -0.3 is 15.3 Å². The smallest absolute Gasteiger partial charge is 0.317 e. The number of hydrogen-bond donors (Lipinski definition) is 2. The number of aliphatic hydroxyl groups is 1. The lowest BCUT2D eigenvalue weighted by Gasteiger charge is -2.34. The molecule has 5 heteroatoms. The fraction of sp³-hybridized carbons (Fsp3) is 0.588. The third kappa shape index (κ3) is 5.21. The van der Waals surface area contributed by atoms with Crippen LogP contribution in [0.5, 0.6) is 0 Å². The second kappa shape index (κ2) is 9.06. The van der Waals surface area contributed by atoms with Crippen molar-refractivity contribution in [3.63, 3.8) is 0 Å². The fourth-order valence-electron chi connectivity index (χ4n) is 2.85. The third-order valence-electron chi connectivity index (χ3n) is 4.33. The SMILES string of the molecule is CN(C(=O)NCCSc1ccccc1)C1CCC(CO)CC1. The molecule has 0 spiro atoms. The van der Waals surface area contributed by atoms with Crippen LogP contribution < -0.4 is 5.32 Å². The summed E-state index contributed by atoms with van der Waals surface area (Å²) in [6.45, 7) is 0.952. The fourth-order valence-corrected chi connectivity index (χ4v) is 3.64. The largest absolute Gasteiger partial charge is 0.396 e. The van der Waals surface area contributed by atoms with E-state index in [0.717, 1.165) is 31.4 Å². The summed E-state index contributed by atoms with van der Waals surface area (Å²) in [7, 11) is 1.88. The summed E-state index contributed by atoms with van der Waals surface area (Å²) in [5.74, 6) is 1.30. The first-order valence-electron chi connectivity index (χ1n) is 8.00. The van der Waals surface area contributed by atoms with Crippen LogP contribution in [0.25, 0.3) is 0 Å². The van der Waals surface area contributed by atoms with Gasteiger partial charge in [-0.15, -0.1) is 11.8 Å². The molecule has 0 atom stereocenters. The molecule has 2 N–H and O–H groups in total. The molecule has 2 rings (SSSR count). The number of carbonyl (C=O) groups excluding carboxylic acids is 1. The van der Waals surface area contributed by atoms with Crippen LogP contribution in [-0.2, 0) is 0 Å². The lowest BCUT2D eigenvalue weighted by atomic mass is 9.86. The Morgan fingerprint density at radius 2 is 1.95 bits per heavy atom. The van der Waals surface area contributed by atoms with Gasteiger partial charge in [0.1, 0.15) is 0 Å². The van der Waals surface area contributed by atoms with Crippen LogP contribution in [0.1, 0.15) is 25.7 Å². The molecule has 2 amide bonds. The molecule has 1 aromatic carbocycles. The van der Waals surface area contributed by atoms with Crippen molar-refractivity contribution in [2.24, 2.45) is 5.92 Å². The number of carbonyl (C=O) groups is 1. The highest BCUT2D eigenvalue weighted by Gasteiger charge is 2.25. The molecular formula is C17H26N2O2S. The van der Waals surface area contributed by atoms with Gasteiger partial charge in [0.2, 0.25) is 0 Å². The van der Waals surface area contributed by atoms with Crippen molar-refractivity contribution < 1.29 is 9.90 Å². The third-order valence-corrected chi connectivity index (χ3v) is 5.35. The molecule has 1 aromatic rings. The summed E-state index contributed by atoms with van der Waals surface area (Å²) in [6, 6.07) is 10.5. The zero-order chi connectivity index (χ0) is 15.8. The Labute approximate surface area is 137 Å². The van der Waals surface area contributed by atoms with Crippen LogP contribution >= 0.6 is 11.8 Å². The van der Waals surface area contributed by atoms with Gasteiger partial charge >= 0.3 is 6.03 Å². The lowest BCUT2D eigenvalue weighted by molar-refractivity contribution is 0.134. The number of rotatable bonds is 6. The van der Waals surface area contributed by atoms with Crippen LogP contribution in [0.4, 0.5) is 4.79 Å². The molecule has 122 valence electrons. The Morgan fingerprint density at radius 3 is 2.59 bits per heavy atom. The minimum Gasteiger partial charge on any atom is -0.396 e. The van der Waals surface area contributed by atoms with Gasteiger partial charge in [-0.05, 0) is 43.7 Å². The molecule has 0 bridgehead atoms. The Balaban J connectivity index is 1.64. The molecule has 22 heavy (non-hydrogen) atoms. The number of benzene rings is 1. The number of urea groups is 1. The maximum absolute atomic E-state index is 12.2. The number of thioether (sulfide) groups is 1. The van der Waals surface area contributed by atoms with Crippen LogP contribution in [0.2, 0.25) is 0 Å². The standard InChI is InChI=1S/C17H26N2O2S/c1-19(15-9-7-14(13-20)8-10-15)17(21)18-11-12-22-16-5-3-2-4-6-16/h2-6,14-15,20H,7-13H2,1H3,(H,18,21). The molecule has 1 fully saturated rings. The summed E-state index contributed by atoms with van der Waals surface area (Å²) in [4.78, 5) is 15.2. The summed E-state index contributed by atoms with van der Waals surface area (Å²) in [6.07, 6.45) is 4.02. The predicted molar refractivity (Wildman–Crippen MR) is 91.2 cm³/mol. The first-order chi connectivity index (χ1) is 10.7. The topological polar surface area (TPSA) is 52.6 Å². The van der Waals surface area contributed by atoms with Gasteiger partial charge in [-0.25, -0.2) is 4.79 Å². The molecule has 0 radical (unpaired) electrons. The van der Waals surface area contributed by atoms with Crippen LogP contribution in [0.3, 0.4) is 0 Å². The molecule has 1 aliphatic rings. The van der Waals surface area contributed by atoms with E-state index < -0.39 is 0 Å². The van der Waals surface area contributed by atoms with Gasteiger partial charge in [-0.3, -0.25) is 0 Å². The minimum atomic E-state index is 0.0149. The molecule has 0 heterocycles. The summed E-state index contributed by atoms with van der Waals surface area (Å²) in [5.41, 5.74) is 0. The van der Waals surface area contributed by atoms with Crippen molar-refractivity contribution in [1.82, 2.24) is 10.2 Å². The first kappa shape index (κ1) is 17.2. The van der Waals surface area contributed by atoms with Gasteiger partial charge in [0.05, 0.1) is 0 Å². The molecule has 0 aliphatic heterocycles. The summed E-state index contributed by atoms with van der Waals surface area (Å²) < 4.78 is 0. The van der Waals surface area contributed by atoms with Crippen molar-refractivity contribution in [3.05, 3.63) is 30.3 Å². The normalized spacial score (nSPS) is 21.4. The number of nitrogens with one attached hydrogen (secondary N) is 1. The van der Waals surface area contributed by atoms with Crippen molar-refractivity contribution in [1.29, 1.82) is 0 Å². The van der Waals surface area contributed by atoms with Gasteiger partial charge in [0.15, 0.2) is 0 Å². The molecule has 1 saturated carbocycles. The number of amides is 2. The Morgan fingerprint density at radius 1 is 1.27 bits per heavy atom. The van der Waals surface area contributed by atoms with Crippen molar-refractivity contribution in [3.8, 4) is 0 Å². The number of nitrogens with zero attached hydrogens (tertiary/aromatic N) is 1. The van der Waals surface area contributed by atoms with E-state index in [0.29, 0.717) is 18.5 Å². The van der Waals surface area contributed by atoms with E-state index in [9.17, 15) is 4.79 Å². The Hall–Kier alpha value is -1.20. The molecular weight excluding hydrogens is 296 g/mol. The maximum atomic E-state index is 12.2. The van der Waals surface area contributed by atoms with E-state index in [1.165, 1.54) is 4.90 Å². The highest BCUT2D eigenvalue weighted by Crippen LogP contribution is 2.26. The second-order valence-corrected chi connectivity index (χ2v) is 7.03. The van der Waals surface area contributed by atoms with Gasteiger partial charge in [0, 0.05) is 36.9 Å². The zero-order valence-corrected chi connectivity index (χ0v) is 14.0. The zero-order valence-electron chi connectivity index (χ0n) is 13.2. The van der Waals surface area contributed by atoms with E-state index in [1.807, 2.05) is 30.1 Å². The van der Waals surface area contributed by atoms with E-state index in [4.69, 9.17) is 5.11 Å². The van der Waals surface area contributed by atoms with Crippen LogP contribution in [0.15, 0.2) is 35.2 Å². The van der Waals surface area contributed by atoms with Gasteiger partial charge in [0.25, 0.3) is 0 Å². The molecule has 0 aromatic heterocycles. The summed E-state index contributed by atoms with van der Waals surface area (Å²) in [5, 5.41) is 12.2. The van der Waals surface area contributed by atoms with E-state index >= 15 is 0 Å². The van der Waals surface area contributed by atoms with Gasteiger partial charge in [-0.2, -0.15) is 0 Å². The first-order valence-corrected chi connectivity index (χ1v) is 8.98. The molecule has 1 aliphatic carbocycles. The average Bonchev–Trinajstić information content (AvgIpc) is 2.59. The maximum Gasteiger partial charge on any atom is 0.317 e. The van der Waals surface area contributed by atoms with Crippen molar-refractivity contribution in [2.75, 3.05) is 26.0 Å². The number of aliphatic hydroxyl groups excluding tert-OH is 1. The quantitative estimate of drug-likeness (QED) is 0.625. The van der Waals surface area contributed by atoms with E-state index in [2.05, 4.69) is 17.4 Å². The van der Waals surface area contributed by atoms with E-state index in [1.54, 1.807) is 11.8 Å². The highest BCUT2D eigenvalue weighted by atomic mass is 32.2. The lowest BCUT2D eigenvalue weighted by Crippen LogP contribution is -2.45. The second-order valence-electron chi connectivity index (χ2n) is 5.86. The van der Waals surface area contributed by atoms with Crippen molar-refractivity contribution >= 4 is 17.8 Å². The highest BCUT2D eigenvalue weighted by molar-refractivity contribution is 7.99. The molecule has 0 unspecified atom stereocenters. The van der Waals surface area contributed by atoms with Crippen LogP contribution in [-0.4, -0.2) is 48.0 Å². The monoisotopic (exact) mass is 322 g/mol. The van der Waals surface area contributed by atoms with Crippen LogP contribution in [0, 0.1) is 5.92 Å². The minimum absolute atomic E-state index is 0.0149. The Bertz CT molecular complexity index is 447. The Kier molecular flexibility index (Phi) is 7.06. The van der Waals surface area contributed by atoms with E-state index in [-0.39, 0.29) is 12.6 Å².